The van der Waals surface area contributed by atoms with Gasteiger partial charge in [-0.3, -0.25) is 4.79 Å². The maximum atomic E-state index is 13.1. The summed E-state index contributed by atoms with van der Waals surface area (Å²) >= 11 is 6.02. The highest BCUT2D eigenvalue weighted by Crippen LogP contribution is 2.22. The summed E-state index contributed by atoms with van der Waals surface area (Å²) in [5, 5.41) is 3.19. The molecule has 0 aliphatic heterocycles. The first-order chi connectivity index (χ1) is 11.6. The van der Waals surface area contributed by atoms with Crippen LogP contribution in [0.1, 0.15) is 23.6 Å². The zero-order valence-electron chi connectivity index (χ0n) is 13.7. The molecule has 0 saturated carbocycles. The van der Waals surface area contributed by atoms with Gasteiger partial charge in [-0.25, -0.2) is 17.5 Å². The molecule has 1 amide bonds. The first-order valence-corrected chi connectivity index (χ1v) is 9.70. The van der Waals surface area contributed by atoms with E-state index in [1.165, 1.54) is 24.3 Å². The summed E-state index contributed by atoms with van der Waals surface area (Å²) in [5.41, 5.74) is 1.88. The lowest BCUT2D eigenvalue weighted by Crippen LogP contribution is -2.30. The fraction of sp³-hybridized carbons (Fsp3) is 0.235. The Morgan fingerprint density at radius 3 is 2.40 bits per heavy atom. The van der Waals surface area contributed by atoms with Crippen molar-refractivity contribution in [2.45, 2.75) is 19.4 Å². The lowest BCUT2D eigenvalue weighted by atomic mass is 10.0. The lowest BCUT2D eigenvalue weighted by molar-refractivity contribution is -0.116. The van der Waals surface area contributed by atoms with Crippen LogP contribution in [0, 0.1) is 12.7 Å². The molecule has 2 N–H and O–H groups in total. The number of rotatable bonds is 6. The van der Waals surface area contributed by atoms with Crippen LogP contribution in [0.4, 0.5) is 10.1 Å². The normalized spacial score (nSPS) is 12.6. The molecule has 0 bridgehead atoms. The molecule has 0 aliphatic carbocycles. The summed E-state index contributed by atoms with van der Waals surface area (Å²) in [6.07, 6.45) is 0.853. The fourth-order valence-electron chi connectivity index (χ4n) is 2.25. The van der Waals surface area contributed by atoms with Crippen molar-refractivity contribution in [2.24, 2.45) is 0 Å². The van der Waals surface area contributed by atoms with E-state index in [0.717, 1.165) is 11.8 Å². The van der Waals surface area contributed by atoms with Gasteiger partial charge in [-0.15, -0.1) is 0 Å². The third-order valence-electron chi connectivity index (χ3n) is 3.47. The molecular formula is C17H18ClFN2O3S. The molecule has 134 valence electrons. The Morgan fingerprint density at radius 1 is 1.20 bits per heavy atom. The van der Waals surface area contributed by atoms with E-state index in [-0.39, 0.29) is 6.42 Å². The van der Waals surface area contributed by atoms with Gasteiger partial charge in [-0.2, -0.15) is 0 Å². The van der Waals surface area contributed by atoms with E-state index in [4.69, 9.17) is 11.6 Å². The van der Waals surface area contributed by atoms with Gasteiger partial charge in [0, 0.05) is 17.1 Å². The van der Waals surface area contributed by atoms with Crippen molar-refractivity contribution in [3.05, 3.63) is 64.4 Å². The average Bonchev–Trinajstić information content (AvgIpc) is 2.49. The highest BCUT2D eigenvalue weighted by Gasteiger charge is 2.20. The van der Waals surface area contributed by atoms with Gasteiger partial charge in [0.25, 0.3) is 0 Å². The lowest BCUT2D eigenvalue weighted by Gasteiger charge is -2.18. The van der Waals surface area contributed by atoms with E-state index in [9.17, 15) is 17.6 Å². The topological polar surface area (TPSA) is 75.3 Å². The summed E-state index contributed by atoms with van der Waals surface area (Å²) in [4.78, 5) is 12.3. The van der Waals surface area contributed by atoms with Gasteiger partial charge in [-0.1, -0.05) is 29.8 Å². The largest absolute Gasteiger partial charge is 0.326 e. The summed E-state index contributed by atoms with van der Waals surface area (Å²) in [6, 6.07) is 9.58. The molecule has 0 saturated heterocycles. The minimum atomic E-state index is -3.56. The second-order valence-corrected chi connectivity index (χ2v) is 7.90. The third-order valence-corrected chi connectivity index (χ3v) is 4.59. The van der Waals surface area contributed by atoms with E-state index in [1.807, 2.05) is 6.92 Å². The van der Waals surface area contributed by atoms with Crippen molar-refractivity contribution in [3.8, 4) is 0 Å². The first kappa shape index (κ1) is 19.4. The quantitative estimate of drug-likeness (QED) is 0.801. The minimum Gasteiger partial charge on any atom is -0.326 e. The second-order valence-electron chi connectivity index (χ2n) is 5.71. The number of hydrogen-bond acceptors (Lipinski definition) is 3. The van der Waals surface area contributed by atoms with E-state index in [1.54, 1.807) is 18.2 Å². The molecular weight excluding hydrogens is 367 g/mol. The van der Waals surface area contributed by atoms with E-state index in [2.05, 4.69) is 10.0 Å². The number of hydrogen-bond donors (Lipinski definition) is 2. The van der Waals surface area contributed by atoms with Crippen molar-refractivity contribution in [2.75, 3.05) is 11.6 Å². The van der Waals surface area contributed by atoms with Gasteiger partial charge in [-0.05, 0) is 42.3 Å². The smallest absolute Gasteiger partial charge is 0.226 e. The Morgan fingerprint density at radius 2 is 1.84 bits per heavy atom. The van der Waals surface area contributed by atoms with Gasteiger partial charge < -0.3 is 5.32 Å². The molecule has 2 aromatic carbocycles. The predicted molar refractivity (Wildman–Crippen MR) is 96.6 cm³/mol. The minimum absolute atomic E-state index is 0.149. The fourth-order valence-corrected chi connectivity index (χ4v) is 3.17. The maximum Gasteiger partial charge on any atom is 0.226 e. The molecule has 0 fully saturated rings. The standard InChI is InChI=1S/C17H18ClFN2O3S/c1-11-3-8-14(9-15(11)18)20-17(22)10-16(21-25(2,23)24)12-4-6-13(19)7-5-12/h3-9,16,21H,10H2,1-2H3,(H,20,22)/t16-/m0/s1. The van der Waals surface area contributed by atoms with Crippen molar-refractivity contribution < 1.29 is 17.6 Å². The summed E-state index contributed by atoms with van der Waals surface area (Å²) in [6.45, 7) is 1.84. The Kier molecular flexibility index (Phi) is 6.16. The van der Waals surface area contributed by atoms with Gasteiger partial charge in [0.15, 0.2) is 0 Å². The molecule has 0 aromatic heterocycles. The number of amides is 1. The number of benzene rings is 2. The Balaban J connectivity index is 2.16. The van der Waals surface area contributed by atoms with Gasteiger partial charge in [0.2, 0.25) is 15.9 Å². The Hall–Kier alpha value is -1.96. The zero-order chi connectivity index (χ0) is 18.6. The summed E-state index contributed by atoms with van der Waals surface area (Å²) in [5.74, 6) is -0.842. The van der Waals surface area contributed by atoms with Crippen LogP contribution in [-0.2, 0) is 14.8 Å². The summed E-state index contributed by atoms with van der Waals surface area (Å²) < 4.78 is 38.6. The van der Waals surface area contributed by atoms with Crippen LogP contribution in [0.2, 0.25) is 5.02 Å². The Labute approximate surface area is 151 Å². The van der Waals surface area contributed by atoms with Crippen LogP contribution in [-0.4, -0.2) is 20.6 Å². The summed E-state index contributed by atoms with van der Waals surface area (Å²) in [7, 11) is -3.56. The average molecular weight is 385 g/mol. The van der Waals surface area contributed by atoms with Crippen LogP contribution < -0.4 is 10.0 Å². The maximum absolute atomic E-state index is 13.1. The highest BCUT2D eigenvalue weighted by molar-refractivity contribution is 7.88. The Bertz CT molecular complexity index is 870. The molecule has 5 nitrogen and oxygen atoms in total. The molecule has 8 heteroatoms. The number of aryl methyl sites for hydroxylation is 1. The zero-order valence-corrected chi connectivity index (χ0v) is 15.3. The predicted octanol–water partition coefficient (Wildman–Crippen LogP) is 3.41. The van der Waals surface area contributed by atoms with Crippen molar-refractivity contribution in [1.29, 1.82) is 0 Å². The number of anilines is 1. The van der Waals surface area contributed by atoms with E-state index in [0.29, 0.717) is 16.3 Å². The van der Waals surface area contributed by atoms with Crippen LogP contribution in [0.15, 0.2) is 42.5 Å². The highest BCUT2D eigenvalue weighted by atomic mass is 35.5. The first-order valence-electron chi connectivity index (χ1n) is 7.43. The SMILES string of the molecule is Cc1ccc(NC(=O)C[C@H](NS(C)(=O)=O)c2ccc(F)cc2)cc1Cl. The molecule has 2 rings (SSSR count). The van der Waals surface area contributed by atoms with E-state index < -0.39 is 27.8 Å². The molecule has 0 radical (unpaired) electrons. The molecule has 0 heterocycles. The number of halogens is 2. The van der Waals surface area contributed by atoms with Gasteiger partial charge in [0.05, 0.1) is 12.3 Å². The van der Waals surface area contributed by atoms with Crippen molar-refractivity contribution >= 4 is 33.2 Å². The molecule has 25 heavy (non-hydrogen) atoms. The molecule has 0 aliphatic rings. The molecule has 0 unspecified atom stereocenters. The van der Waals surface area contributed by atoms with Crippen LogP contribution in [0.3, 0.4) is 0 Å². The molecule has 0 spiro atoms. The number of carbonyl (C=O) groups is 1. The van der Waals surface area contributed by atoms with Gasteiger partial charge in [0.1, 0.15) is 5.82 Å². The van der Waals surface area contributed by atoms with Crippen LogP contribution in [0.5, 0.6) is 0 Å². The van der Waals surface area contributed by atoms with E-state index >= 15 is 0 Å². The number of carbonyl (C=O) groups excluding carboxylic acids is 1. The van der Waals surface area contributed by atoms with Crippen LogP contribution in [0.25, 0.3) is 0 Å². The van der Waals surface area contributed by atoms with Gasteiger partial charge >= 0.3 is 0 Å². The molecule has 1 atom stereocenters. The number of sulfonamides is 1. The van der Waals surface area contributed by atoms with Crippen molar-refractivity contribution in [3.63, 3.8) is 0 Å². The van der Waals surface area contributed by atoms with Crippen molar-refractivity contribution in [1.82, 2.24) is 4.72 Å². The second kappa shape index (κ2) is 7.95. The molecule has 2 aromatic rings. The van der Waals surface area contributed by atoms with Crippen LogP contribution >= 0.6 is 11.6 Å². The monoisotopic (exact) mass is 384 g/mol. The number of nitrogens with one attached hydrogen (secondary N) is 2. The third kappa shape index (κ3) is 6.12.